The van der Waals surface area contributed by atoms with Gasteiger partial charge in [-0.05, 0) is 24.5 Å². The highest BCUT2D eigenvalue weighted by molar-refractivity contribution is 8.03. The number of hydrogen-bond acceptors (Lipinski definition) is 18. The molecule has 1 unspecified atom stereocenters. The van der Waals surface area contributed by atoms with Crippen molar-refractivity contribution in [2.24, 2.45) is 10.9 Å². The summed E-state index contributed by atoms with van der Waals surface area (Å²) in [7, 11) is 0. The maximum absolute atomic E-state index is 11.1. The molecule has 18 heteroatoms. The summed E-state index contributed by atoms with van der Waals surface area (Å²) < 4.78 is 4.19. The Morgan fingerprint density at radius 3 is 2.10 bits per heavy atom. The minimum Gasteiger partial charge on any atom is -0.394 e. The average molecular weight is 592 g/mol. The molecule has 0 spiro atoms. The first-order valence-corrected chi connectivity index (χ1v) is 12.4. The van der Waals surface area contributed by atoms with Gasteiger partial charge in [-0.3, -0.25) is 0 Å². The van der Waals surface area contributed by atoms with Crippen LogP contribution in [0.15, 0.2) is 56.8 Å². The van der Waals surface area contributed by atoms with Crippen LogP contribution in [0.2, 0.25) is 0 Å². The lowest BCUT2D eigenvalue weighted by Gasteiger charge is -2.63. The molecule has 222 valence electrons. The largest absolute Gasteiger partial charge is 0.394 e. The summed E-state index contributed by atoms with van der Waals surface area (Å²) in [5.41, 5.74) is 0.135. The van der Waals surface area contributed by atoms with Gasteiger partial charge in [0.25, 0.3) is 0 Å². The molecule has 1 aromatic rings. The summed E-state index contributed by atoms with van der Waals surface area (Å²) in [6, 6.07) is 6.25. The predicted molar refractivity (Wildman–Crippen MR) is 129 cm³/mol. The van der Waals surface area contributed by atoms with E-state index in [1.54, 1.807) is 31.2 Å². The maximum Gasteiger partial charge on any atom is 0.352 e. The van der Waals surface area contributed by atoms with Crippen LogP contribution >= 0.6 is 11.8 Å². The number of aliphatic hydroxyl groups excluding tert-OH is 1. The lowest BCUT2D eigenvalue weighted by Crippen LogP contribution is -2.95. The highest BCUT2D eigenvalue weighted by Gasteiger charge is 2.83. The Morgan fingerprint density at radius 1 is 0.950 bits per heavy atom. The smallest absolute Gasteiger partial charge is 0.352 e. The number of aliphatic hydroxyl groups is 13. The van der Waals surface area contributed by atoms with E-state index in [0.717, 1.165) is 11.8 Å². The number of piperazine rings is 1. The SMILES string of the molecule is CC1C=CC2=C(C1)C(N1C(O)(O)C(O)(O)N(C(O)(O)C(O)(O)OCCO)C(O)(O)C1(O)O)=Nc1ccccc1S2. The monoisotopic (exact) mass is 591 g/mol. The van der Waals surface area contributed by atoms with Gasteiger partial charge in [0, 0.05) is 15.4 Å². The van der Waals surface area contributed by atoms with E-state index in [9.17, 15) is 61.3 Å². The summed E-state index contributed by atoms with van der Waals surface area (Å²) in [4.78, 5) is 3.12. The molecule has 1 aromatic carbocycles. The maximum atomic E-state index is 11.1. The van der Waals surface area contributed by atoms with Crippen LogP contribution in [0, 0.1) is 5.92 Å². The Balaban J connectivity index is 1.97. The third-order valence-corrected chi connectivity index (χ3v) is 7.65. The number of rotatable bonds is 5. The molecule has 40 heavy (non-hydrogen) atoms. The van der Waals surface area contributed by atoms with E-state index in [1.165, 1.54) is 12.1 Å². The van der Waals surface area contributed by atoms with Gasteiger partial charge in [-0.2, -0.15) is 0 Å². The van der Waals surface area contributed by atoms with E-state index in [1.807, 2.05) is 0 Å². The van der Waals surface area contributed by atoms with Crippen LogP contribution in [0.5, 0.6) is 0 Å². The molecule has 0 saturated carbocycles. The summed E-state index contributed by atoms with van der Waals surface area (Å²) in [5, 5.41) is 137. The van der Waals surface area contributed by atoms with Crippen molar-refractivity contribution in [3.05, 3.63) is 46.9 Å². The molecular formula is C22H29N3O14S. The lowest BCUT2D eigenvalue weighted by molar-refractivity contribution is -0.652. The number of ether oxygens (including phenoxy) is 1. The van der Waals surface area contributed by atoms with E-state index in [-0.39, 0.29) is 23.6 Å². The number of allylic oxidation sites excluding steroid dienone is 2. The van der Waals surface area contributed by atoms with Gasteiger partial charge < -0.3 is 71.1 Å². The van der Waals surface area contributed by atoms with Crippen molar-refractivity contribution < 1.29 is 71.1 Å². The predicted octanol–water partition coefficient (Wildman–Crippen LogP) is -4.87. The standard InChI is InChI=1S/C22H29N3O14S/c1-11-6-7-14-12(10-11)16(23-13-4-2-3-5-15(13)40-14)24-17(27,28)19(31,32)25(20(33,34)18(24,29)30)21(35,36)22(37,38)39-9-8-26/h2-7,11,26-38H,8-10H2,1H3. The fraction of sp³-hybridized carbons (Fsp3) is 0.500. The highest BCUT2D eigenvalue weighted by atomic mass is 32.2. The molecule has 1 saturated heterocycles. The van der Waals surface area contributed by atoms with Gasteiger partial charge in [-0.1, -0.05) is 43.0 Å². The van der Waals surface area contributed by atoms with Gasteiger partial charge in [0.1, 0.15) is 5.84 Å². The molecule has 4 rings (SSSR count). The van der Waals surface area contributed by atoms with Crippen molar-refractivity contribution in [2.75, 3.05) is 13.2 Å². The van der Waals surface area contributed by atoms with Crippen LogP contribution in [0.4, 0.5) is 5.69 Å². The number of aliphatic imine (C=N–C) groups is 1. The second kappa shape index (κ2) is 9.74. The average Bonchev–Trinajstić information content (AvgIpc) is 2.97. The summed E-state index contributed by atoms with van der Waals surface area (Å²) in [6.45, 7) is -0.316. The van der Waals surface area contributed by atoms with Crippen molar-refractivity contribution in [1.29, 1.82) is 0 Å². The first-order valence-electron chi connectivity index (χ1n) is 11.6. The normalized spacial score (nSPS) is 25.7. The van der Waals surface area contributed by atoms with Crippen molar-refractivity contribution >= 4 is 23.3 Å². The number of nitrogens with zero attached hydrogens (tertiary/aromatic N) is 3. The number of amidine groups is 1. The Kier molecular flexibility index (Phi) is 7.52. The van der Waals surface area contributed by atoms with Gasteiger partial charge >= 0.3 is 35.5 Å². The number of para-hydroxylation sites is 1. The zero-order valence-electron chi connectivity index (χ0n) is 20.6. The van der Waals surface area contributed by atoms with E-state index < -0.39 is 64.4 Å². The fourth-order valence-corrected chi connectivity index (χ4v) is 5.50. The van der Waals surface area contributed by atoms with Crippen LogP contribution < -0.4 is 0 Å². The van der Waals surface area contributed by atoms with Crippen LogP contribution in [0.25, 0.3) is 0 Å². The van der Waals surface area contributed by atoms with E-state index in [2.05, 4.69) is 9.73 Å². The number of thioether (sulfide) groups is 1. The minimum absolute atomic E-state index is 0.0288. The van der Waals surface area contributed by atoms with Crippen LogP contribution in [-0.2, 0) is 4.74 Å². The molecule has 1 aliphatic carbocycles. The van der Waals surface area contributed by atoms with E-state index in [4.69, 9.17) is 5.11 Å². The molecule has 1 atom stereocenters. The number of fused-ring (bicyclic) bond motifs is 1. The van der Waals surface area contributed by atoms with Gasteiger partial charge in [-0.25, -0.2) is 9.89 Å². The summed E-state index contributed by atoms with van der Waals surface area (Å²) in [6.07, 6.45) is 3.40. The second-order valence-corrected chi connectivity index (χ2v) is 10.5. The molecule has 0 radical (unpaired) electrons. The molecule has 1 fully saturated rings. The van der Waals surface area contributed by atoms with Crippen LogP contribution in [0.3, 0.4) is 0 Å². The van der Waals surface area contributed by atoms with Crippen molar-refractivity contribution in [2.45, 2.75) is 53.8 Å². The first-order chi connectivity index (χ1) is 18.2. The highest BCUT2D eigenvalue weighted by Crippen LogP contribution is 2.51. The Bertz CT molecular complexity index is 1230. The zero-order chi connectivity index (χ0) is 30.1. The summed E-state index contributed by atoms with van der Waals surface area (Å²) in [5.74, 6) is -29.3. The lowest BCUT2D eigenvalue weighted by atomic mass is 9.92. The summed E-state index contributed by atoms with van der Waals surface area (Å²) >= 11 is 1.13. The molecular weight excluding hydrogens is 562 g/mol. The fourth-order valence-electron chi connectivity index (χ4n) is 4.46. The zero-order valence-corrected chi connectivity index (χ0v) is 21.5. The third-order valence-electron chi connectivity index (χ3n) is 6.48. The molecule has 2 aliphatic heterocycles. The quantitative estimate of drug-likeness (QED) is 0.143. The Labute approximate surface area is 229 Å². The van der Waals surface area contributed by atoms with Gasteiger partial charge in [0.2, 0.25) is 0 Å². The molecule has 13 N–H and O–H groups in total. The third kappa shape index (κ3) is 4.39. The van der Waals surface area contributed by atoms with Gasteiger partial charge in [0.15, 0.2) is 0 Å². The molecule has 17 nitrogen and oxygen atoms in total. The Hall–Kier alpha value is -2.08. The number of benzene rings is 1. The van der Waals surface area contributed by atoms with E-state index in [0.29, 0.717) is 9.80 Å². The second-order valence-electron chi connectivity index (χ2n) is 9.42. The molecule has 0 bridgehead atoms. The Morgan fingerprint density at radius 2 is 1.52 bits per heavy atom. The van der Waals surface area contributed by atoms with Crippen molar-refractivity contribution in [1.82, 2.24) is 9.80 Å². The molecule has 2 heterocycles. The minimum atomic E-state index is -4.89. The molecule has 0 aromatic heterocycles. The van der Waals surface area contributed by atoms with Gasteiger partial charge in [-0.15, -0.1) is 4.90 Å². The van der Waals surface area contributed by atoms with Gasteiger partial charge in [0.05, 0.1) is 18.9 Å². The van der Waals surface area contributed by atoms with E-state index >= 15 is 0 Å². The van der Waals surface area contributed by atoms with Crippen LogP contribution in [0.1, 0.15) is 13.3 Å². The topological polar surface area (TPSA) is 291 Å². The molecule has 0 amide bonds. The van der Waals surface area contributed by atoms with Crippen molar-refractivity contribution in [3.63, 3.8) is 0 Å². The van der Waals surface area contributed by atoms with Crippen molar-refractivity contribution in [3.8, 4) is 0 Å². The first kappa shape index (κ1) is 30.9. The molecule has 3 aliphatic rings. The number of hydrogen-bond donors (Lipinski definition) is 13. The van der Waals surface area contributed by atoms with Crippen LogP contribution in [-0.4, -0.2) is 131 Å².